The summed E-state index contributed by atoms with van der Waals surface area (Å²) in [5.41, 5.74) is 2.81. The highest BCUT2D eigenvalue weighted by molar-refractivity contribution is 5.73. The zero-order chi connectivity index (χ0) is 20.8. The number of rotatable bonds is 8. The van der Waals surface area contributed by atoms with Crippen LogP contribution in [0.15, 0.2) is 47.1 Å². The third-order valence-corrected chi connectivity index (χ3v) is 4.57. The number of amides is 2. The van der Waals surface area contributed by atoms with Crippen molar-refractivity contribution < 1.29 is 18.7 Å². The second-order valence-electron chi connectivity index (χ2n) is 6.66. The lowest BCUT2D eigenvalue weighted by atomic mass is 10.2. The summed E-state index contributed by atoms with van der Waals surface area (Å²) in [5.74, 6) is 2.00. The van der Waals surface area contributed by atoms with Gasteiger partial charge in [-0.15, -0.1) is 0 Å². The number of hydrogen-bond donors (Lipinski definition) is 2. The van der Waals surface area contributed by atoms with Crippen molar-refractivity contribution in [1.82, 2.24) is 20.4 Å². The molecule has 1 atom stereocenters. The largest absolute Gasteiger partial charge is 0.493 e. The minimum absolute atomic E-state index is 0.231. The number of furan rings is 1. The van der Waals surface area contributed by atoms with Crippen LogP contribution in [0.25, 0.3) is 0 Å². The van der Waals surface area contributed by atoms with Gasteiger partial charge in [0.15, 0.2) is 11.5 Å². The molecule has 2 heterocycles. The Morgan fingerprint density at radius 2 is 1.93 bits per heavy atom. The Balaban J connectivity index is 1.61. The zero-order valence-electron chi connectivity index (χ0n) is 17.1. The molecule has 0 bridgehead atoms. The number of aryl methyl sites for hydroxylation is 2. The second kappa shape index (κ2) is 9.18. The van der Waals surface area contributed by atoms with E-state index in [1.54, 1.807) is 20.5 Å². The van der Waals surface area contributed by atoms with E-state index in [-0.39, 0.29) is 12.1 Å². The molecule has 1 aromatic carbocycles. The maximum absolute atomic E-state index is 12.4. The van der Waals surface area contributed by atoms with Crippen LogP contribution in [0.2, 0.25) is 0 Å². The third kappa shape index (κ3) is 4.90. The molecular weight excluding hydrogens is 372 g/mol. The fraction of sp³-hybridized carbons (Fsp3) is 0.333. The number of benzene rings is 1. The molecule has 29 heavy (non-hydrogen) atoms. The van der Waals surface area contributed by atoms with Crippen LogP contribution in [-0.4, -0.2) is 36.6 Å². The lowest BCUT2D eigenvalue weighted by Gasteiger charge is -2.18. The SMILES string of the molecule is COc1ccc(CNC(=O)NC[C@@H](c2ccco2)n2nc(C)cc2C)cc1OC. The van der Waals surface area contributed by atoms with Crippen molar-refractivity contribution in [3.8, 4) is 11.5 Å². The summed E-state index contributed by atoms with van der Waals surface area (Å²) in [6.07, 6.45) is 1.62. The normalized spacial score (nSPS) is 11.7. The van der Waals surface area contributed by atoms with Crippen molar-refractivity contribution >= 4 is 6.03 Å². The molecule has 0 saturated heterocycles. The zero-order valence-corrected chi connectivity index (χ0v) is 17.1. The molecule has 3 aromatic rings. The molecule has 0 aliphatic carbocycles. The van der Waals surface area contributed by atoms with Crippen LogP contribution in [0.4, 0.5) is 4.79 Å². The first-order valence-corrected chi connectivity index (χ1v) is 9.30. The number of carbonyl (C=O) groups excluding carboxylic acids is 1. The van der Waals surface area contributed by atoms with Crippen LogP contribution < -0.4 is 20.1 Å². The van der Waals surface area contributed by atoms with E-state index in [1.165, 1.54) is 0 Å². The number of methoxy groups -OCH3 is 2. The molecule has 154 valence electrons. The maximum atomic E-state index is 12.4. The quantitative estimate of drug-likeness (QED) is 0.608. The maximum Gasteiger partial charge on any atom is 0.315 e. The molecule has 0 fully saturated rings. The Kier molecular flexibility index (Phi) is 6.43. The number of urea groups is 1. The fourth-order valence-electron chi connectivity index (χ4n) is 3.17. The molecule has 0 unspecified atom stereocenters. The van der Waals surface area contributed by atoms with Gasteiger partial charge in [0.05, 0.1) is 26.2 Å². The predicted octanol–water partition coefficient (Wildman–Crippen LogP) is 3.20. The Morgan fingerprint density at radius 3 is 2.55 bits per heavy atom. The number of hydrogen-bond acceptors (Lipinski definition) is 5. The van der Waals surface area contributed by atoms with Crippen LogP contribution in [0, 0.1) is 13.8 Å². The average molecular weight is 398 g/mol. The van der Waals surface area contributed by atoms with Crippen molar-refractivity contribution in [2.45, 2.75) is 26.4 Å². The van der Waals surface area contributed by atoms with Gasteiger partial charge in [-0.05, 0) is 49.7 Å². The van der Waals surface area contributed by atoms with E-state index in [2.05, 4.69) is 15.7 Å². The van der Waals surface area contributed by atoms with Gasteiger partial charge < -0.3 is 24.5 Å². The first-order valence-electron chi connectivity index (χ1n) is 9.30. The summed E-state index contributed by atoms with van der Waals surface area (Å²) in [7, 11) is 3.16. The number of nitrogens with one attached hydrogen (secondary N) is 2. The molecular formula is C21H26N4O4. The van der Waals surface area contributed by atoms with Crippen LogP contribution in [0.3, 0.4) is 0 Å². The molecule has 8 nitrogen and oxygen atoms in total. The van der Waals surface area contributed by atoms with Crippen LogP contribution >= 0.6 is 0 Å². The lowest BCUT2D eigenvalue weighted by Crippen LogP contribution is -2.39. The summed E-state index contributed by atoms with van der Waals surface area (Å²) >= 11 is 0. The molecule has 8 heteroatoms. The Morgan fingerprint density at radius 1 is 1.14 bits per heavy atom. The molecule has 2 amide bonds. The molecule has 0 aliphatic rings. The molecule has 0 radical (unpaired) electrons. The molecule has 0 aliphatic heterocycles. The van der Waals surface area contributed by atoms with Gasteiger partial charge in [-0.25, -0.2) is 4.79 Å². The van der Waals surface area contributed by atoms with Crippen molar-refractivity contribution in [1.29, 1.82) is 0 Å². The number of nitrogens with zero attached hydrogens (tertiary/aromatic N) is 2. The van der Waals surface area contributed by atoms with E-state index in [4.69, 9.17) is 13.9 Å². The summed E-state index contributed by atoms with van der Waals surface area (Å²) in [5, 5.41) is 10.3. The second-order valence-corrected chi connectivity index (χ2v) is 6.66. The van der Waals surface area contributed by atoms with Gasteiger partial charge in [-0.3, -0.25) is 4.68 Å². The first-order chi connectivity index (χ1) is 14.0. The van der Waals surface area contributed by atoms with E-state index < -0.39 is 0 Å². The summed E-state index contributed by atoms with van der Waals surface area (Å²) in [4.78, 5) is 12.4. The van der Waals surface area contributed by atoms with Crippen molar-refractivity contribution in [2.24, 2.45) is 0 Å². The topological polar surface area (TPSA) is 90.6 Å². The summed E-state index contributed by atoms with van der Waals surface area (Å²) in [6.45, 7) is 4.61. The molecule has 3 rings (SSSR count). The van der Waals surface area contributed by atoms with Gasteiger partial charge in [0, 0.05) is 18.8 Å². The summed E-state index contributed by atoms with van der Waals surface area (Å²) in [6, 6.07) is 10.7. The van der Waals surface area contributed by atoms with Gasteiger partial charge in [0.2, 0.25) is 0 Å². The van der Waals surface area contributed by atoms with E-state index in [9.17, 15) is 4.79 Å². The van der Waals surface area contributed by atoms with Gasteiger partial charge >= 0.3 is 6.03 Å². The minimum Gasteiger partial charge on any atom is -0.493 e. The van der Waals surface area contributed by atoms with E-state index in [0.29, 0.717) is 24.6 Å². The monoisotopic (exact) mass is 398 g/mol. The number of carbonyl (C=O) groups is 1. The van der Waals surface area contributed by atoms with Crippen molar-refractivity contribution in [3.05, 3.63) is 65.4 Å². The lowest BCUT2D eigenvalue weighted by molar-refractivity contribution is 0.238. The van der Waals surface area contributed by atoms with Gasteiger partial charge in [-0.2, -0.15) is 5.10 Å². The smallest absolute Gasteiger partial charge is 0.315 e. The Hall–Kier alpha value is -3.42. The fourth-order valence-corrected chi connectivity index (χ4v) is 3.17. The highest BCUT2D eigenvalue weighted by atomic mass is 16.5. The molecule has 2 aromatic heterocycles. The average Bonchev–Trinajstić information content (AvgIpc) is 3.36. The predicted molar refractivity (Wildman–Crippen MR) is 108 cm³/mol. The highest BCUT2D eigenvalue weighted by Crippen LogP contribution is 2.27. The minimum atomic E-state index is -0.280. The van der Waals surface area contributed by atoms with Gasteiger partial charge in [0.1, 0.15) is 11.8 Å². The van der Waals surface area contributed by atoms with E-state index in [1.807, 2.05) is 54.9 Å². The van der Waals surface area contributed by atoms with Crippen molar-refractivity contribution in [2.75, 3.05) is 20.8 Å². The third-order valence-electron chi connectivity index (χ3n) is 4.57. The van der Waals surface area contributed by atoms with Crippen LogP contribution in [-0.2, 0) is 6.54 Å². The van der Waals surface area contributed by atoms with Gasteiger partial charge in [-0.1, -0.05) is 6.07 Å². The Labute approximate surface area is 169 Å². The molecule has 2 N–H and O–H groups in total. The van der Waals surface area contributed by atoms with Crippen LogP contribution in [0.1, 0.15) is 28.8 Å². The first kappa shape index (κ1) is 20.3. The van der Waals surface area contributed by atoms with Gasteiger partial charge in [0.25, 0.3) is 0 Å². The Bertz CT molecular complexity index is 950. The molecule has 0 saturated carbocycles. The number of aromatic nitrogens is 2. The van der Waals surface area contributed by atoms with Crippen LogP contribution in [0.5, 0.6) is 11.5 Å². The van der Waals surface area contributed by atoms with Crippen molar-refractivity contribution in [3.63, 3.8) is 0 Å². The standard InChI is InChI=1S/C21H26N4O4/c1-14-10-15(2)25(24-14)17(18-6-5-9-29-18)13-23-21(26)22-12-16-7-8-19(27-3)20(11-16)28-4/h5-11,17H,12-13H2,1-4H3,(H2,22,23,26)/t17-/m0/s1. The van der Waals surface area contributed by atoms with E-state index in [0.717, 1.165) is 22.7 Å². The summed E-state index contributed by atoms with van der Waals surface area (Å²) < 4.78 is 18.0. The highest BCUT2D eigenvalue weighted by Gasteiger charge is 2.20. The number of ether oxygens (including phenoxy) is 2. The van der Waals surface area contributed by atoms with E-state index >= 15 is 0 Å². The molecule has 0 spiro atoms.